The molecule has 3 rings (SSSR count). The molecule has 2 saturated heterocycles. The van der Waals surface area contributed by atoms with Gasteiger partial charge in [0.25, 0.3) is 0 Å². The van der Waals surface area contributed by atoms with Gasteiger partial charge in [-0.2, -0.15) is 0 Å². The molecule has 0 aliphatic carbocycles. The molecule has 0 unspecified atom stereocenters. The van der Waals surface area contributed by atoms with Crippen LogP contribution in [-0.2, 0) is 4.79 Å². The molecule has 1 atom stereocenters. The predicted molar refractivity (Wildman–Crippen MR) is 98.5 cm³/mol. The van der Waals surface area contributed by atoms with E-state index >= 15 is 0 Å². The van der Waals surface area contributed by atoms with Crippen LogP contribution in [0.5, 0.6) is 0 Å². The van der Waals surface area contributed by atoms with Crippen molar-refractivity contribution in [2.75, 3.05) is 31.5 Å². The maximum atomic E-state index is 12.5. The summed E-state index contributed by atoms with van der Waals surface area (Å²) in [7, 11) is 0. The lowest BCUT2D eigenvalue weighted by molar-refractivity contribution is -0.135. The zero-order valence-corrected chi connectivity index (χ0v) is 14.9. The number of para-hydroxylation sites is 1. The fourth-order valence-electron chi connectivity index (χ4n) is 3.66. The summed E-state index contributed by atoms with van der Waals surface area (Å²) >= 11 is 0. The Morgan fingerprint density at radius 1 is 1.04 bits per heavy atom. The van der Waals surface area contributed by atoms with Crippen molar-refractivity contribution >= 4 is 17.6 Å². The predicted octanol–water partition coefficient (Wildman–Crippen LogP) is 2.28. The van der Waals surface area contributed by atoms with Crippen molar-refractivity contribution in [2.45, 2.75) is 44.7 Å². The van der Waals surface area contributed by atoms with E-state index in [-0.39, 0.29) is 24.0 Å². The molecular weight excluding hydrogens is 316 g/mol. The molecule has 2 N–H and O–H groups in total. The van der Waals surface area contributed by atoms with Gasteiger partial charge in [-0.1, -0.05) is 18.2 Å². The zero-order valence-electron chi connectivity index (χ0n) is 14.9. The van der Waals surface area contributed by atoms with Gasteiger partial charge in [-0.05, 0) is 44.7 Å². The number of nitrogens with one attached hydrogen (secondary N) is 2. The number of hydrogen-bond donors (Lipinski definition) is 2. The van der Waals surface area contributed by atoms with Gasteiger partial charge in [0.1, 0.15) is 0 Å². The summed E-state index contributed by atoms with van der Waals surface area (Å²) in [5, 5.41) is 5.89. The first-order valence-corrected chi connectivity index (χ1v) is 9.29. The Labute approximate surface area is 149 Å². The molecule has 0 radical (unpaired) electrons. The number of carbonyl (C=O) groups is 2. The van der Waals surface area contributed by atoms with Crippen molar-refractivity contribution in [3.05, 3.63) is 30.3 Å². The monoisotopic (exact) mass is 344 g/mol. The van der Waals surface area contributed by atoms with Gasteiger partial charge in [0.2, 0.25) is 5.91 Å². The summed E-state index contributed by atoms with van der Waals surface area (Å²) in [6.45, 7) is 5.51. The average Bonchev–Trinajstić information content (AvgIpc) is 3.16. The van der Waals surface area contributed by atoms with Crippen molar-refractivity contribution in [1.29, 1.82) is 0 Å². The molecule has 2 fully saturated rings. The Morgan fingerprint density at radius 2 is 1.68 bits per heavy atom. The fraction of sp³-hybridized carbons (Fsp3) is 0.579. The van der Waals surface area contributed by atoms with Crippen LogP contribution in [0.4, 0.5) is 10.5 Å². The maximum absolute atomic E-state index is 12.5. The molecular formula is C19H28N4O2. The van der Waals surface area contributed by atoms with Crippen molar-refractivity contribution in [1.82, 2.24) is 15.1 Å². The van der Waals surface area contributed by atoms with Crippen molar-refractivity contribution in [3.8, 4) is 0 Å². The molecule has 6 heteroatoms. The molecule has 2 heterocycles. The van der Waals surface area contributed by atoms with Gasteiger partial charge >= 0.3 is 6.03 Å². The first-order chi connectivity index (χ1) is 12.1. The van der Waals surface area contributed by atoms with E-state index in [9.17, 15) is 9.59 Å². The Morgan fingerprint density at radius 3 is 2.32 bits per heavy atom. The molecule has 1 aromatic carbocycles. The topological polar surface area (TPSA) is 64.7 Å². The largest absolute Gasteiger partial charge is 0.341 e. The first kappa shape index (κ1) is 17.7. The van der Waals surface area contributed by atoms with Crippen LogP contribution < -0.4 is 10.6 Å². The van der Waals surface area contributed by atoms with Crippen LogP contribution in [0.25, 0.3) is 0 Å². The minimum atomic E-state index is -0.161. The molecule has 2 aliphatic rings. The second kappa shape index (κ2) is 8.34. The molecule has 25 heavy (non-hydrogen) atoms. The molecule has 0 spiro atoms. The van der Waals surface area contributed by atoms with Gasteiger partial charge in [-0.25, -0.2) is 4.79 Å². The third-order valence-electron chi connectivity index (χ3n) is 5.22. The highest BCUT2D eigenvalue weighted by Gasteiger charge is 2.30. The highest BCUT2D eigenvalue weighted by Crippen LogP contribution is 2.17. The molecule has 6 nitrogen and oxygen atoms in total. The number of piperidine rings is 1. The summed E-state index contributed by atoms with van der Waals surface area (Å²) in [4.78, 5) is 28.8. The molecule has 0 saturated carbocycles. The summed E-state index contributed by atoms with van der Waals surface area (Å²) < 4.78 is 0. The number of urea groups is 1. The zero-order chi connectivity index (χ0) is 17.6. The van der Waals surface area contributed by atoms with E-state index in [1.807, 2.05) is 42.2 Å². The number of anilines is 1. The molecule has 0 bridgehead atoms. The van der Waals surface area contributed by atoms with Crippen molar-refractivity contribution in [3.63, 3.8) is 0 Å². The smallest absolute Gasteiger partial charge is 0.319 e. The van der Waals surface area contributed by atoms with Crippen LogP contribution >= 0.6 is 0 Å². The summed E-state index contributed by atoms with van der Waals surface area (Å²) in [5.74, 6) is 0.255. The van der Waals surface area contributed by atoms with Gasteiger partial charge in [0.15, 0.2) is 0 Å². The fourth-order valence-corrected chi connectivity index (χ4v) is 3.66. The van der Waals surface area contributed by atoms with Gasteiger partial charge in [0.05, 0.1) is 6.04 Å². The number of nitrogens with zero attached hydrogens (tertiary/aromatic N) is 2. The highest BCUT2D eigenvalue weighted by atomic mass is 16.2. The van der Waals surface area contributed by atoms with E-state index in [4.69, 9.17) is 0 Å². The lowest BCUT2D eigenvalue weighted by Crippen LogP contribution is -2.52. The maximum Gasteiger partial charge on any atom is 0.319 e. The lowest BCUT2D eigenvalue weighted by atomic mass is 10.0. The number of rotatable bonds is 4. The SMILES string of the molecule is C[C@@H](C(=O)N1CCCC1)N1CCC(NC(=O)Nc2ccccc2)CC1. The number of amides is 3. The van der Waals surface area contributed by atoms with E-state index in [0.29, 0.717) is 0 Å². The van der Waals surface area contributed by atoms with Crippen LogP contribution in [0.2, 0.25) is 0 Å². The quantitative estimate of drug-likeness (QED) is 0.881. The van der Waals surface area contributed by atoms with Crippen LogP contribution in [0.3, 0.4) is 0 Å². The Balaban J connectivity index is 1.42. The van der Waals surface area contributed by atoms with Crippen LogP contribution in [0, 0.1) is 0 Å². The molecule has 3 amide bonds. The summed E-state index contributed by atoms with van der Waals surface area (Å²) in [6, 6.07) is 9.39. The number of benzene rings is 1. The molecule has 0 aromatic heterocycles. The van der Waals surface area contributed by atoms with Gasteiger partial charge in [0, 0.05) is 37.9 Å². The average molecular weight is 344 g/mol. The van der Waals surface area contributed by atoms with E-state index in [0.717, 1.165) is 57.5 Å². The van der Waals surface area contributed by atoms with Crippen LogP contribution in [0.15, 0.2) is 30.3 Å². The summed E-state index contributed by atoms with van der Waals surface area (Å²) in [6.07, 6.45) is 4.00. The number of hydrogen-bond acceptors (Lipinski definition) is 3. The number of carbonyl (C=O) groups excluding carboxylic acids is 2. The Bertz CT molecular complexity index is 578. The molecule has 136 valence electrons. The van der Waals surface area contributed by atoms with Gasteiger partial charge in [-0.3, -0.25) is 9.69 Å². The van der Waals surface area contributed by atoms with E-state index in [2.05, 4.69) is 15.5 Å². The van der Waals surface area contributed by atoms with E-state index in [1.165, 1.54) is 0 Å². The van der Waals surface area contributed by atoms with E-state index in [1.54, 1.807) is 0 Å². The second-order valence-corrected chi connectivity index (χ2v) is 6.98. The standard InChI is InChI=1S/C19H28N4O2/c1-15(18(24)23-11-5-6-12-23)22-13-9-17(10-14-22)21-19(25)20-16-7-3-2-4-8-16/h2-4,7-8,15,17H,5-6,9-14H2,1H3,(H2,20,21,25)/t15-/m0/s1. The lowest BCUT2D eigenvalue weighted by Gasteiger charge is -2.36. The Kier molecular flexibility index (Phi) is 5.91. The minimum absolute atomic E-state index is 0.0582. The normalized spacial score (nSPS) is 20.3. The third kappa shape index (κ3) is 4.72. The van der Waals surface area contributed by atoms with Crippen molar-refractivity contribution < 1.29 is 9.59 Å². The van der Waals surface area contributed by atoms with Crippen LogP contribution in [0.1, 0.15) is 32.6 Å². The highest BCUT2D eigenvalue weighted by molar-refractivity contribution is 5.89. The molecule has 1 aromatic rings. The minimum Gasteiger partial charge on any atom is -0.341 e. The third-order valence-corrected chi connectivity index (χ3v) is 5.22. The van der Waals surface area contributed by atoms with Gasteiger partial charge < -0.3 is 15.5 Å². The number of likely N-dealkylation sites (tertiary alicyclic amines) is 2. The Hall–Kier alpha value is -2.08. The van der Waals surface area contributed by atoms with E-state index < -0.39 is 0 Å². The first-order valence-electron chi connectivity index (χ1n) is 9.29. The second-order valence-electron chi connectivity index (χ2n) is 6.98. The summed E-state index contributed by atoms with van der Waals surface area (Å²) in [5.41, 5.74) is 0.794. The van der Waals surface area contributed by atoms with Gasteiger partial charge in [-0.15, -0.1) is 0 Å². The van der Waals surface area contributed by atoms with Crippen molar-refractivity contribution in [2.24, 2.45) is 0 Å². The van der Waals surface area contributed by atoms with Crippen LogP contribution in [-0.4, -0.2) is 60.0 Å². The molecule has 2 aliphatic heterocycles.